The van der Waals surface area contributed by atoms with Crippen LogP contribution in [-0.4, -0.2) is 40.1 Å². The number of imidazole rings is 1. The van der Waals surface area contributed by atoms with E-state index >= 15 is 0 Å². The van der Waals surface area contributed by atoms with E-state index in [1.807, 2.05) is 12.4 Å². The van der Waals surface area contributed by atoms with Gasteiger partial charge in [0.05, 0.1) is 24.8 Å². The van der Waals surface area contributed by atoms with Crippen molar-refractivity contribution in [1.82, 2.24) is 14.5 Å². The van der Waals surface area contributed by atoms with E-state index < -0.39 is 0 Å². The standard InChI is InChI=1S/C20H27N3O2/c1-3-11-23-15-21-17-13-18(20(24)25-2)22(14-19(17)23)12-7-10-16-8-5-4-6-9-16/h4-6,8-9,15,18H,3,7,10-14H2,1-2H3/t18-/m0/s1. The first-order valence-electron chi connectivity index (χ1n) is 9.11. The highest BCUT2D eigenvalue weighted by atomic mass is 16.5. The van der Waals surface area contributed by atoms with Crippen molar-refractivity contribution in [3.8, 4) is 0 Å². The van der Waals surface area contributed by atoms with E-state index in [1.165, 1.54) is 18.4 Å². The summed E-state index contributed by atoms with van der Waals surface area (Å²) >= 11 is 0. The van der Waals surface area contributed by atoms with Crippen molar-refractivity contribution in [3.63, 3.8) is 0 Å². The van der Waals surface area contributed by atoms with E-state index in [9.17, 15) is 4.79 Å². The highest BCUT2D eigenvalue weighted by Gasteiger charge is 2.34. The molecule has 0 amide bonds. The maximum Gasteiger partial charge on any atom is 0.323 e. The molecule has 0 aliphatic carbocycles. The number of aryl methyl sites for hydroxylation is 2. The number of aromatic nitrogens is 2. The summed E-state index contributed by atoms with van der Waals surface area (Å²) in [5.74, 6) is -0.157. The lowest BCUT2D eigenvalue weighted by Gasteiger charge is -2.34. The van der Waals surface area contributed by atoms with E-state index in [0.717, 1.165) is 44.6 Å². The maximum absolute atomic E-state index is 12.3. The van der Waals surface area contributed by atoms with Crippen LogP contribution in [0, 0.1) is 0 Å². The predicted molar refractivity (Wildman–Crippen MR) is 97.2 cm³/mol. The molecule has 1 aliphatic rings. The van der Waals surface area contributed by atoms with Crippen LogP contribution in [0.5, 0.6) is 0 Å². The van der Waals surface area contributed by atoms with Crippen LogP contribution >= 0.6 is 0 Å². The molecule has 0 unspecified atom stereocenters. The summed E-state index contributed by atoms with van der Waals surface area (Å²) in [5, 5.41) is 0. The molecule has 0 N–H and O–H groups in total. The van der Waals surface area contributed by atoms with Crippen molar-refractivity contribution < 1.29 is 9.53 Å². The number of rotatable bonds is 7. The fraction of sp³-hybridized carbons (Fsp3) is 0.500. The zero-order valence-electron chi connectivity index (χ0n) is 15.1. The Kier molecular flexibility index (Phi) is 5.87. The number of esters is 1. The van der Waals surface area contributed by atoms with E-state index in [2.05, 4.69) is 45.6 Å². The molecule has 0 saturated heterocycles. The van der Waals surface area contributed by atoms with Crippen LogP contribution in [0.25, 0.3) is 0 Å². The van der Waals surface area contributed by atoms with Gasteiger partial charge in [0.2, 0.25) is 0 Å². The van der Waals surface area contributed by atoms with Gasteiger partial charge in [-0.05, 0) is 31.4 Å². The summed E-state index contributed by atoms with van der Waals surface area (Å²) in [6.07, 6.45) is 5.68. The van der Waals surface area contributed by atoms with Gasteiger partial charge >= 0.3 is 5.97 Å². The zero-order valence-corrected chi connectivity index (χ0v) is 15.1. The minimum absolute atomic E-state index is 0.157. The Bertz CT molecular complexity index is 696. The fourth-order valence-corrected chi connectivity index (χ4v) is 3.58. The Morgan fingerprint density at radius 1 is 1.28 bits per heavy atom. The second-order valence-corrected chi connectivity index (χ2v) is 6.63. The molecule has 134 valence electrons. The fourth-order valence-electron chi connectivity index (χ4n) is 3.58. The minimum Gasteiger partial charge on any atom is -0.468 e. The topological polar surface area (TPSA) is 47.4 Å². The molecule has 1 aliphatic heterocycles. The number of fused-ring (bicyclic) bond motifs is 1. The highest BCUT2D eigenvalue weighted by Crippen LogP contribution is 2.24. The van der Waals surface area contributed by atoms with Crippen molar-refractivity contribution in [1.29, 1.82) is 0 Å². The molecular weight excluding hydrogens is 314 g/mol. The summed E-state index contributed by atoms with van der Waals surface area (Å²) in [7, 11) is 1.47. The molecule has 1 atom stereocenters. The number of carbonyl (C=O) groups is 1. The number of methoxy groups -OCH3 is 1. The highest BCUT2D eigenvalue weighted by molar-refractivity contribution is 5.76. The van der Waals surface area contributed by atoms with Gasteiger partial charge in [0.25, 0.3) is 0 Å². The normalized spacial score (nSPS) is 17.3. The summed E-state index contributed by atoms with van der Waals surface area (Å²) < 4.78 is 7.27. The third kappa shape index (κ3) is 4.10. The van der Waals surface area contributed by atoms with Crippen molar-refractivity contribution in [2.75, 3.05) is 13.7 Å². The summed E-state index contributed by atoms with van der Waals surface area (Å²) in [6, 6.07) is 10.3. The lowest BCUT2D eigenvalue weighted by Crippen LogP contribution is -2.47. The Labute approximate surface area is 149 Å². The number of hydrogen-bond acceptors (Lipinski definition) is 4. The van der Waals surface area contributed by atoms with E-state index in [0.29, 0.717) is 6.42 Å². The van der Waals surface area contributed by atoms with Crippen molar-refractivity contribution >= 4 is 5.97 Å². The molecule has 0 spiro atoms. The number of ether oxygens (including phenoxy) is 1. The zero-order chi connectivity index (χ0) is 17.6. The Morgan fingerprint density at radius 3 is 2.80 bits per heavy atom. The number of carbonyl (C=O) groups excluding carboxylic acids is 1. The van der Waals surface area contributed by atoms with Crippen LogP contribution < -0.4 is 0 Å². The Morgan fingerprint density at radius 2 is 2.08 bits per heavy atom. The quantitative estimate of drug-likeness (QED) is 0.727. The third-order valence-corrected chi connectivity index (χ3v) is 4.90. The minimum atomic E-state index is -0.224. The van der Waals surface area contributed by atoms with Crippen LogP contribution in [0.1, 0.15) is 36.7 Å². The summed E-state index contributed by atoms with van der Waals surface area (Å²) in [4.78, 5) is 19.0. The van der Waals surface area contributed by atoms with E-state index in [-0.39, 0.29) is 12.0 Å². The van der Waals surface area contributed by atoms with Crippen molar-refractivity contribution in [2.24, 2.45) is 0 Å². The van der Waals surface area contributed by atoms with Gasteiger partial charge < -0.3 is 9.30 Å². The number of benzene rings is 1. The molecule has 2 aromatic rings. The molecule has 0 radical (unpaired) electrons. The van der Waals surface area contributed by atoms with Gasteiger partial charge in [-0.1, -0.05) is 37.3 Å². The lowest BCUT2D eigenvalue weighted by molar-refractivity contribution is -0.147. The Balaban J connectivity index is 1.70. The Hall–Kier alpha value is -2.14. The SMILES string of the molecule is CCCn1cnc2c1CN(CCCc1ccccc1)[C@H](C(=O)OC)C2. The van der Waals surface area contributed by atoms with Gasteiger partial charge in [0, 0.05) is 19.5 Å². The number of hydrogen-bond donors (Lipinski definition) is 0. The monoisotopic (exact) mass is 341 g/mol. The molecule has 5 heteroatoms. The van der Waals surface area contributed by atoms with E-state index in [4.69, 9.17) is 4.74 Å². The largest absolute Gasteiger partial charge is 0.468 e. The molecule has 0 fully saturated rings. The summed E-state index contributed by atoms with van der Waals surface area (Å²) in [5.41, 5.74) is 3.63. The van der Waals surface area contributed by atoms with Crippen LogP contribution in [0.2, 0.25) is 0 Å². The molecule has 25 heavy (non-hydrogen) atoms. The van der Waals surface area contributed by atoms with Crippen LogP contribution in [0.15, 0.2) is 36.7 Å². The first kappa shape index (κ1) is 17.7. The van der Waals surface area contributed by atoms with Crippen LogP contribution in [-0.2, 0) is 35.5 Å². The molecule has 0 bridgehead atoms. The first-order chi connectivity index (χ1) is 12.2. The summed E-state index contributed by atoms with van der Waals surface area (Å²) in [6.45, 7) is 4.79. The smallest absolute Gasteiger partial charge is 0.323 e. The molecular formula is C20H27N3O2. The second kappa shape index (κ2) is 8.30. The molecule has 3 rings (SSSR count). The second-order valence-electron chi connectivity index (χ2n) is 6.63. The maximum atomic E-state index is 12.3. The van der Waals surface area contributed by atoms with Crippen molar-refractivity contribution in [3.05, 3.63) is 53.6 Å². The predicted octanol–water partition coefficient (Wildman–Crippen LogP) is 2.83. The lowest BCUT2D eigenvalue weighted by atomic mass is 10.0. The molecule has 1 aromatic carbocycles. The van der Waals surface area contributed by atoms with Gasteiger partial charge in [-0.25, -0.2) is 4.98 Å². The van der Waals surface area contributed by atoms with Crippen LogP contribution in [0.4, 0.5) is 0 Å². The molecule has 5 nitrogen and oxygen atoms in total. The van der Waals surface area contributed by atoms with Gasteiger partial charge in [-0.3, -0.25) is 9.69 Å². The number of nitrogens with zero attached hydrogens (tertiary/aromatic N) is 3. The van der Waals surface area contributed by atoms with Crippen LogP contribution in [0.3, 0.4) is 0 Å². The van der Waals surface area contributed by atoms with E-state index in [1.54, 1.807) is 0 Å². The molecule has 1 aromatic heterocycles. The van der Waals surface area contributed by atoms with Gasteiger partial charge in [0.15, 0.2) is 0 Å². The van der Waals surface area contributed by atoms with Gasteiger partial charge in [-0.15, -0.1) is 0 Å². The first-order valence-corrected chi connectivity index (χ1v) is 9.11. The molecule has 2 heterocycles. The van der Waals surface area contributed by atoms with Crippen molar-refractivity contribution in [2.45, 2.75) is 51.7 Å². The third-order valence-electron chi connectivity index (χ3n) is 4.90. The molecule has 0 saturated carbocycles. The average Bonchev–Trinajstić information content (AvgIpc) is 3.03. The van der Waals surface area contributed by atoms with Gasteiger partial charge in [-0.2, -0.15) is 0 Å². The average molecular weight is 341 g/mol. The van der Waals surface area contributed by atoms with Gasteiger partial charge in [0.1, 0.15) is 6.04 Å².